The largest absolute Gasteiger partial charge is 0.330 e. The fourth-order valence-corrected chi connectivity index (χ4v) is 8.68. The Morgan fingerprint density at radius 2 is 1.64 bits per heavy atom. The molecule has 33 heavy (non-hydrogen) atoms. The van der Waals surface area contributed by atoms with Gasteiger partial charge in [0.1, 0.15) is 5.78 Å². The number of hydrogen-bond acceptors (Lipinski definition) is 4. The molecule has 4 aliphatic rings. The number of hydrogen-bond donors (Lipinski definition) is 3. The van der Waals surface area contributed by atoms with Crippen LogP contribution in [-0.4, -0.2) is 18.9 Å². The normalized spacial score (nSPS) is 39.1. The highest BCUT2D eigenvalue weighted by Crippen LogP contribution is 2.67. The lowest BCUT2D eigenvalue weighted by atomic mass is 9.45. The standard InChI is InChI=1S/C24H40O.C3H11N3.C2H6/c1-17(25)7-6-9-19-11-13-21-20-12-10-18-8-4-5-15-23(18,2)22(20)14-16-24(19,21)3;4-2-1-3-6-5;1-2/h18-22H,4-16H2,1-3H3;6H,1-5H2;1-2H3. The van der Waals surface area contributed by atoms with Gasteiger partial charge in [0.15, 0.2) is 0 Å². The maximum absolute atomic E-state index is 11.3. The minimum absolute atomic E-state index is 0.381. The first kappa shape index (κ1) is 28.8. The van der Waals surface area contributed by atoms with E-state index < -0.39 is 0 Å². The van der Waals surface area contributed by atoms with Crippen molar-refractivity contribution in [3.63, 3.8) is 0 Å². The number of hydrazine groups is 1. The Hall–Kier alpha value is -0.450. The van der Waals surface area contributed by atoms with E-state index in [1.165, 1.54) is 70.6 Å². The molecular formula is C29H57N3O. The summed E-state index contributed by atoms with van der Waals surface area (Å²) in [6, 6.07) is 0. The van der Waals surface area contributed by atoms with Crippen molar-refractivity contribution in [3.8, 4) is 0 Å². The molecule has 0 saturated heterocycles. The molecule has 0 aromatic carbocycles. The van der Waals surface area contributed by atoms with Crippen LogP contribution in [0.5, 0.6) is 0 Å². The van der Waals surface area contributed by atoms with Crippen LogP contribution >= 0.6 is 0 Å². The summed E-state index contributed by atoms with van der Waals surface area (Å²) in [7, 11) is 0. The Balaban J connectivity index is 0.000000421. The van der Waals surface area contributed by atoms with E-state index in [1.807, 2.05) is 13.8 Å². The van der Waals surface area contributed by atoms with Crippen LogP contribution in [0.4, 0.5) is 0 Å². The number of ketones is 1. The molecule has 4 nitrogen and oxygen atoms in total. The Bertz CT molecular complexity index is 577. The Morgan fingerprint density at radius 3 is 2.27 bits per heavy atom. The van der Waals surface area contributed by atoms with Gasteiger partial charge in [-0.05, 0) is 125 Å². The summed E-state index contributed by atoms with van der Waals surface area (Å²) in [4.78, 5) is 11.3. The van der Waals surface area contributed by atoms with Gasteiger partial charge in [0.05, 0.1) is 0 Å². The second-order valence-corrected chi connectivity index (χ2v) is 11.9. The van der Waals surface area contributed by atoms with Gasteiger partial charge in [-0.3, -0.25) is 11.3 Å². The van der Waals surface area contributed by atoms with Gasteiger partial charge in [-0.1, -0.05) is 40.5 Å². The zero-order valence-corrected chi connectivity index (χ0v) is 22.8. The maximum atomic E-state index is 11.3. The van der Waals surface area contributed by atoms with Gasteiger partial charge in [-0.15, -0.1) is 0 Å². The van der Waals surface area contributed by atoms with E-state index in [1.54, 1.807) is 6.92 Å². The third-order valence-corrected chi connectivity index (χ3v) is 10.4. The molecule has 0 heterocycles. The molecule has 0 spiro atoms. The first-order chi connectivity index (χ1) is 15.9. The highest BCUT2D eigenvalue weighted by molar-refractivity contribution is 5.75. The van der Waals surface area contributed by atoms with E-state index in [-0.39, 0.29) is 0 Å². The van der Waals surface area contributed by atoms with Crippen molar-refractivity contribution in [2.75, 3.05) is 13.1 Å². The fraction of sp³-hybridized carbons (Fsp3) is 0.966. The molecule has 4 fully saturated rings. The molecule has 0 radical (unpaired) electrons. The van der Waals surface area contributed by atoms with Crippen molar-refractivity contribution in [2.24, 2.45) is 52.0 Å². The Labute approximate surface area is 205 Å². The highest BCUT2D eigenvalue weighted by Gasteiger charge is 2.59. The topological polar surface area (TPSA) is 81.1 Å². The van der Waals surface area contributed by atoms with E-state index in [9.17, 15) is 4.79 Å². The van der Waals surface area contributed by atoms with E-state index in [4.69, 9.17) is 11.6 Å². The number of carbonyl (C=O) groups excluding carboxylic acids is 1. The summed E-state index contributed by atoms with van der Waals surface area (Å²) in [6.07, 6.45) is 19.2. The van der Waals surface area contributed by atoms with Crippen LogP contribution in [0.2, 0.25) is 0 Å². The minimum atomic E-state index is 0.381. The van der Waals surface area contributed by atoms with Gasteiger partial charge in [0, 0.05) is 13.0 Å². The van der Waals surface area contributed by atoms with Gasteiger partial charge < -0.3 is 10.5 Å². The first-order valence-electron chi connectivity index (χ1n) is 14.5. The molecule has 5 N–H and O–H groups in total. The zero-order valence-electron chi connectivity index (χ0n) is 22.8. The molecule has 0 aromatic rings. The fourth-order valence-electron chi connectivity index (χ4n) is 8.68. The van der Waals surface area contributed by atoms with Crippen molar-refractivity contribution in [3.05, 3.63) is 0 Å². The molecule has 7 unspecified atom stereocenters. The van der Waals surface area contributed by atoms with E-state index in [2.05, 4.69) is 19.3 Å². The second kappa shape index (κ2) is 13.6. The Morgan fingerprint density at radius 1 is 0.909 bits per heavy atom. The molecule has 0 bridgehead atoms. The summed E-state index contributed by atoms with van der Waals surface area (Å²) >= 11 is 0. The second-order valence-electron chi connectivity index (χ2n) is 11.9. The smallest absolute Gasteiger partial charge is 0.129 e. The summed E-state index contributed by atoms with van der Waals surface area (Å²) in [5.74, 6) is 10.3. The third kappa shape index (κ3) is 6.61. The number of nitrogens with two attached hydrogens (primary N) is 2. The quantitative estimate of drug-likeness (QED) is 0.225. The van der Waals surface area contributed by atoms with Crippen LogP contribution in [0, 0.1) is 40.4 Å². The molecule has 4 aliphatic carbocycles. The van der Waals surface area contributed by atoms with Gasteiger partial charge >= 0.3 is 0 Å². The molecule has 4 saturated carbocycles. The van der Waals surface area contributed by atoms with Crippen molar-refractivity contribution < 1.29 is 4.79 Å². The van der Waals surface area contributed by atoms with E-state index in [0.717, 1.165) is 55.4 Å². The Kier molecular flexibility index (Phi) is 11.9. The average Bonchev–Trinajstić information content (AvgIpc) is 3.15. The monoisotopic (exact) mass is 463 g/mol. The first-order valence-corrected chi connectivity index (χ1v) is 14.5. The molecule has 0 aromatic heterocycles. The summed E-state index contributed by atoms with van der Waals surface area (Å²) in [5, 5.41) is 0. The lowest BCUT2D eigenvalue weighted by Gasteiger charge is -2.60. The van der Waals surface area contributed by atoms with Crippen LogP contribution < -0.4 is 17.0 Å². The number of nitrogens with one attached hydrogen (secondary N) is 1. The van der Waals surface area contributed by atoms with Crippen molar-refractivity contribution in [2.45, 2.75) is 125 Å². The van der Waals surface area contributed by atoms with Crippen molar-refractivity contribution >= 4 is 5.78 Å². The van der Waals surface area contributed by atoms with E-state index >= 15 is 0 Å². The lowest BCUT2D eigenvalue weighted by Crippen LogP contribution is -2.52. The predicted molar refractivity (Wildman–Crippen MR) is 142 cm³/mol. The molecule has 0 amide bonds. The summed E-state index contributed by atoms with van der Waals surface area (Å²) in [6.45, 7) is 12.6. The number of carbonyl (C=O) groups is 1. The molecule has 194 valence electrons. The zero-order chi connectivity index (χ0) is 24.5. The summed E-state index contributed by atoms with van der Waals surface area (Å²) < 4.78 is 0. The van der Waals surface area contributed by atoms with Crippen LogP contribution in [0.15, 0.2) is 0 Å². The van der Waals surface area contributed by atoms with Crippen LogP contribution in [0.1, 0.15) is 125 Å². The predicted octanol–water partition coefficient (Wildman–Crippen LogP) is 6.62. The van der Waals surface area contributed by atoms with Crippen molar-refractivity contribution in [1.29, 1.82) is 0 Å². The van der Waals surface area contributed by atoms with Crippen LogP contribution in [0.25, 0.3) is 0 Å². The summed E-state index contributed by atoms with van der Waals surface area (Å²) in [5.41, 5.74) is 8.88. The molecular weight excluding hydrogens is 406 g/mol. The van der Waals surface area contributed by atoms with Crippen LogP contribution in [0.3, 0.4) is 0 Å². The molecule has 7 atom stereocenters. The SMILES string of the molecule is CC.CC(=O)CCCC1CCC2C3CCC4CCCCC4(C)C3CCC12C.NCCCNN. The van der Waals surface area contributed by atoms with Crippen molar-refractivity contribution in [1.82, 2.24) is 5.43 Å². The highest BCUT2D eigenvalue weighted by atomic mass is 16.1. The molecule has 0 aliphatic heterocycles. The van der Waals surface area contributed by atoms with Gasteiger partial charge in [0.25, 0.3) is 0 Å². The van der Waals surface area contributed by atoms with Gasteiger partial charge in [-0.25, -0.2) is 0 Å². The number of rotatable bonds is 7. The molecule has 4 rings (SSSR count). The maximum Gasteiger partial charge on any atom is 0.129 e. The lowest BCUT2D eigenvalue weighted by molar-refractivity contribution is -0.117. The average molecular weight is 464 g/mol. The molecule has 4 heteroatoms. The third-order valence-electron chi connectivity index (χ3n) is 10.4. The van der Waals surface area contributed by atoms with E-state index in [0.29, 0.717) is 23.2 Å². The van der Waals surface area contributed by atoms with Gasteiger partial charge in [0.2, 0.25) is 0 Å². The number of Topliss-reactive ketones (excluding diaryl/α,β-unsaturated/α-hetero) is 1. The van der Waals surface area contributed by atoms with Gasteiger partial charge in [-0.2, -0.15) is 0 Å². The minimum Gasteiger partial charge on any atom is -0.330 e. The number of fused-ring (bicyclic) bond motifs is 5. The van der Waals surface area contributed by atoms with Crippen LogP contribution in [-0.2, 0) is 4.79 Å².